The van der Waals surface area contributed by atoms with Crippen molar-refractivity contribution in [2.24, 2.45) is 0 Å². The maximum absolute atomic E-state index is 13.1. The average molecular weight is 589 g/mol. The monoisotopic (exact) mass is 587 g/mol. The number of carbonyl (C=O) groups is 2. The predicted molar refractivity (Wildman–Crippen MR) is 151 cm³/mol. The normalized spacial score (nSPS) is 18.4. The fraction of sp³-hybridized carbons (Fsp3) is 0.462. The molecule has 2 fully saturated rings. The highest BCUT2D eigenvalue weighted by Gasteiger charge is 2.40. The molecule has 7 nitrogen and oxygen atoms in total. The number of hydrogen-bond donors (Lipinski definition) is 1. The second kappa shape index (κ2) is 12.0. The molecule has 4 rings (SSSR count). The molecule has 0 spiro atoms. The van der Waals surface area contributed by atoms with Gasteiger partial charge in [-0.25, -0.2) is 0 Å². The van der Waals surface area contributed by atoms with Gasteiger partial charge in [0.05, 0.1) is 10.6 Å². The van der Waals surface area contributed by atoms with Crippen LogP contribution in [-0.2, 0) is 10.4 Å². The molecule has 2 aliphatic heterocycles. The molecule has 2 saturated heterocycles. The second-order valence-corrected chi connectivity index (χ2v) is 11.1. The summed E-state index contributed by atoms with van der Waals surface area (Å²) in [5, 5.41) is 12.1. The molecule has 2 aromatic carbocycles. The van der Waals surface area contributed by atoms with Gasteiger partial charge in [-0.3, -0.25) is 14.5 Å². The van der Waals surface area contributed by atoms with Gasteiger partial charge < -0.3 is 19.6 Å². The van der Waals surface area contributed by atoms with Crippen LogP contribution in [0.2, 0.25) is 15.1 Å². The molecule has 37 heavy (non-hydrogen) atoms. The number of hydrogen-bond acceptors (Lipinski definition) is 5. The molecule has 0 aliphatic carbocycles. The highest BCUT2D eigenvalue weighted by molar-refractivity contribution is 7.59. The summed E-state index contributed by atoms with van der Waals surface area (Å²) in [4.78, 5) is 30.8. The lowest BCUT2D eigenvalue weighted by molar-refractivity contribution is -0.152. The van der Waals surface area contributed by atoms with E-state index in [9.17, 15) is 14.7 Å². The van der Waals surface area contributed by atoms with Crippen LogP contribution >= 0.6 is 48.3 Å². The number of amides is 2. The Hall–Kier alpha value is -1.68. The third-order valence-corrected chi connectivity index (χ3v) is 7.61. The molecule has 0 unspecified atom stereocenters. The zero-order valence-electron chi connectivity index (χ0n) is 21.0. The number of rotatable bonds is 6. The molecule has 2 aromatic rings. The molecule has 2 aliphatic rings. The molecule has 0 saturated carbocycles. The summed E-state index contributed by atoms with van der Waals surface area (Å²) in [5.41, 5.74) is -0.873. The maximum atomic E-state index is 13.1. The molecule has 1 N–H and O–H groups in total. The van der Waals surface area contributed by atoms with E-state index in [1.54, 1.807) is 55.4 Å². The van der Waals surface area contributed by atoms with E-state index >= 15 is 0 Å². The molecule has 202 valence electrons. The Morgan fingerprint density at radius 3 is 2.16 bits per heavy atom. The number of aliphatic hydroxyl groups is 1. The molecule has 0 aromatic heterocycles. The zero-order chi connectivity index (χ0) is 26.2. The standard InChI is InChI=1S/C26H30Cl3N3O4.H2S/c1-26(35,16-10-17(27)12-18(28)11-16)25(34)31-8-6-19(7-9-31)32-14-21(15-32)36-20-4-5-22(23(29)13-20)24(33)30(2)3;/h4-5,10-13,19,21,35H,6-9,14-15H2,1-3H3;1H2/t26-;/m0./s1. The first kappa shape index (κ1) is 29.9. The number of carbonyl (C=O) groups excluding carboxylic acids is 2. The average Bonchev–Trinajstić information content (AvgIpc) is 2.79. The molecular formula is C26H32Cl3N3O4S. The van der Waals surface area contributed by atoms with E-state index in [4.69, 9.17) is 39.5 Å². The quantitative estimate of drug-likeness (QED) is 0.541. The number of ether oxygens (including phenoxy) is 1. The zero-order valence-corrected chi connectivity index (χ0v) is 24.3. The number of halogens is 3. The summed E-state index contributed by atoms with van der Waals surface area (Å²) < 4.78 is 6.05. The topological polar surface area (TPSA) is 73.3 Å². The van der Waals surface area contributed by atoms with Crippen LogP contribution in [0.5, 0.6) is 5.75 Å². The third kappa shape index (κ3) is 6.67. The van der Waals surface area contributed by atoms with Gasteiger partial charge in [-0.15, -0.1) is 0 Å². The van der Waals surface area contributed by atoms with Crippen LogP contribution in [0, 0.1) is 0 Å². The van der Waals surface area contributed by atoms with E-state index in [0.29, 0.717) is 51.1 Å². The Balaban J connectivity index is 0.00000380. The number of benzene rings is 2. The fourth-order valence-electron chi connectivity index (χ4n) is 4.72. The van der Waals surface area contributed by atoms with Gasteiger partial charge >= 0.3 is 0 Å². The van der Waals surface area contributed by atoms with E-state index in [1.807, 2.05) is 0 Å². The van der Waals surface area contributed by atoms with Crippen molar-refractivity contribution in [1.29, 1.82) is 0 Å². The largest absolute Gasteiger partial charge is 0.488 e. The van der Waals surface area contributed by atoms with Gasteiger partial charge in [0.15, 0.2) is 5.60 Å². The molecule has 0 radical (unpaired) electrons. The summed E-state index contributed by atoms with van der Waals surface area (Å²) in [7, 11) is 3.37. The van der Waals surface area contributed by atoms with Crippen molar-refractivity contribution in [3.05, 3.63) is 62.6 Å². The van der Waals surface area contributed by atoms with E-state index in [1.165, 1.54) is 11.8 Å². The van der Waals surface area contributed by atoms with E-state index in [0.717, 1.165) is 25.9 Å². The summed E-state index contributed by atoms with van der Waals surface area (Å²) in [5.74, 6) is 0.143. The minimum atomic E-state index is -1.70. The lowest BCUT2D eigenvalue weighted by atomic mass is 9.92. The molecule has 0 bridgehead atoms. The summed E-state index contributed by atoms with van der Waals surface area (Å²) >= 11 is 18.4. The van der Waals surface area contributed by atoms with Crippen LogP contribution in [0.4, 0.5) is 0 Å². The first-order valence-corrected chi connectivity index (χ1v) is 13.0. The minimum Gasteiger partial charge on any atom is -0.488 e. The van der Waals surface area contributed by atoms with Gasteiger partial charge in [0.25, 0.3) is 11.8 Å². The van der Waals surface area contributed by atoms with Gasteiger partial charge in [0.1, 0.15) is 11.9 Å². The van der Waals surface area contributed by atoms with E-state index < -0.39 is 5.60 Å². The molecule has 1 atom stereocenters. The van der Waals surface area contributed by atoms with Crippen molar-refractivity contribution in [2.75, 3.05) is 40.3 Å². The predicted octanol–water partition coefficient (Wildman–Crippen LogP) is 4.42. The second-order valence-electron chi connectivity index (χ2n) is 9.79. The summed E-state index contributed by atoms with van der Waals surface area (Å²) in [6, 6.07) is 10.2. The van der Waals surface area contributed by atoms with Gasteiger partial charge in [0.2, 0.25) is 0 Å². The van der Waals surface area contributed by atoms with Gasteiger partial charge in [0, 0.05) is 56.4 Å². The number of likely N-dealkylation sites (tertiary alicyclic amines) is 2. The number of nitrogens with zero attached hydrogens (tertiary/aromatic N) is 3. The van der Waals surface area contributed by atoms with Crippen molar-refractivity contribution in [1.82, 2.24) is 14.7 Å². The highest BCUT2D eigenvalue weighted by Crippen LogP contribution is 2.32. The van der Waals surface area contributed by atoms with Crippen LogP contribution < -0.4 is 4.74 Å². The SMILES string of the molecule is CN(C)C(=O)c1ccc(OC2CN(C3CCN(C(=O)[C@@](C)(O)c4cc(Cl)cc(Cl)c4)CC3)C2)cc1Cl.S. The molecular weight excluding hydrogens is 557 g/mol. The van der Waals surface area contributed by atoms with Crippen LogP contribution in [-0.4, -0.2) is 84.0 Å². The Morgan fingerprint density at radius 1 is 1.03 bits per heavy atom. The smallest absolute Gasteiger partial charge is 0.258 e. The Labute approximate surface area is 239 Å². The maximum Gasteiger partial charge on any atom is 0.258 e. The van der Waals surface area contributed by atoms with E-state index in [2.05, 4.69) is 4.90 Å². The van der Waals surface area contributed by atoms with Crippen molar-refractivity contribution in [3.8, 4) is 5.75 Å². The van der Waals surface area contributed by atoms with Crippen molar-refractivity contribution >= 4 is 60.1 Å². The molecule has 2 amide bonds. The first-order chi connectivity index (χ1) is 17.0. The fourth-order valence-corrected chi connectivity index (χ4v) is 5.50. The Morgan fingerprint density at radius 2 is 1.62 bits per heavy atom. The van der Waals surface area contributed by atoms with Crippen LogP contribution in [0.25, 0.3) is 0 Å². The lowest BCUT2D eigenvalue weighted by Gasteiger charge is -2.47. The van der Waals surface area contributed by atoms with Crippen molar-refractivity contribution < 1.29 is 19.4 Å². The van der Waals surface area contributed by atoms with Crippen LogP contribution in [0.1, 0.15) is 35.7 Å². The van der Waals surface area contributed by atoms with Gasteiger partial charge in [-0.05, 0) is 61.7 Å². The molecule has 11 heteroatoms. The van der Waals surface area contributed by atoms with Gasteiger partial charge in [-0.2, -0.15) is 13.5 Å². The van der Waals surface area contributed by atoms with E-state index in [-0.39, 0.29) is 31.4 Å². The van der Waals surface area contributed by atoms with Crippen LogP contribution in [0.3, 0.4) is 0 Å². The van der Waals surface area contributed by atoms with Crippen molar-refractivity contribution in [3.63, 3.8) is 0 Å². The Kier molecular flexibility index (Phi) is 9.70. The van der Waals surface area contributed by atoms with Crippen LogP contribution in [0.15, 0.2) is 36.4 Å². The van der Waals surface area contributed by atoms with Gasteiger partial charge in [-0.1, -0.05) is 34.8 Å². The number of piperidine rings is 1. The highest BCUT2D eigenvalue weighted by atomic mass is 35.5. The van der Waals surface area contributed by atoms with Crippen molar-refractivity contribution in [2.45, 2.75) is 37.5 Å². The first-order valence-electron chi connectivity index (χ1n) is 11.9. The summed E-state index contributed by atoms with van der Waals surface area (Å²) in [6.07, 6.45) is 1.68. The summed E-state index contributed by atoms with van der Waals surface area (Å²) in [6.45, 7) is 4.18. The Bertz CT molecular complexity index is 1130. The lowest BCUT2D eigenvalue weighted by Crippen LogP contribution is -2.60. The third-order valence-electron chi connectivity index (χ3n) is 6.87. The molecule has 2 heterocycles. The minimum absolute atomic E-state index is 0.